The first kappa shape index (κ1) is 13.8. The summed E-state index contributed by atoms with van der Waals surface area (Å²) in [6, 6.07) is 5.87. The highest BCUT2D eigenvalue weighted by atomic mass is 16.4. The van der Waals surface area contributed by atoms with Gasteiger partial charge >= 0.3 is 5.97 Å². The molecule has 0 fully saturated rings. The fourth-order valence-electron chi connectivity index (χ4n) is 1.86. The SMILES string of the molecule is CC(Cn1ccnc1)NC(=O)c1cccc(C(=O)O)c1. The number of rotatable bonds is 5. The summed E-state index contributed by atoms with van der Waals surface area (Å²) in [7, 11) is 0. The van der Waals surface area contributed by atoms with Crippen molar-refractivity contribution in [1.29, 1.82) is 0 Å². The van der Waals surface area contributed by atoms with Gasteiger partial charge in [-0.05, 0) is 25.1 Å². The zero-order valence-electron chi connectivity index (χ0n) is 11.0. The molecule has 2 N–H and O–H groups in total. The molecular formula is C14H15N3O3. The van der Waals surface area contributed by atoms with E-state index < -0.39 is 5.97 Å². The van der Waals surface area contributed by atoms with Crippen LogP contribution in [0.5, 0.6) is 0 Å². The first-order chi connectivity index (χ1) is 9.56. The van der Waals surface area contributed by atoms with Gasteiger partial charge in [-0.3, -0.25) is 4.79 Å². The van der Waals surface area contributed by atoms with Crippen molar-refractivity contribution in [3.63, 3.8) is 0 Å². The number of aromatic carboxylic acids is 1. The highest BCUT2D eigenvalue weighted by molar-refractivity contribution is 5.97. The number of hydrogen-bond acceptors (Lipinski definition) is 3. The van der Waals surface area contributed by atoms with Crippen LogP contribution in [0.3, 0.4) is 0 Å². The van der Waals surface area contributed by atoms with Gasteiger partial charge in [0, 0.05) is 30.5 Å². The summed E-state index contributed by atoms with van der Waals surface area (Å²) in [5.74, 6) is -1.34. The number of imidazole rings is 1. The largest absolute Gasteiger partial charge is 0.478 e. The Balaban J connectivity index is 2.00. The number of hydrogen-bond donors (Lipinski definition) is 2. The number of carbonyl (C=O) groups excluding carboxylic acids is 1. The van der Waals surface area contributed by atoms with Gasteiger partial charge in [-0.25, -0.2) is 9.78 Å². The lowest BCUT2D eigenvalue weighted by Crippen LogP contribution is -2.35. The minimum atomic E-state index is -1.05. The zero-order chi connectivity index (χ0) is 14.5. The van der Waals surface area contributed by atoms with Gasteiger partial charge in [0.1, 0.15) is 0 Å². The predicted molar refractivity (Wildman–Crippen MR) is 72.6 cm³/mol. The molecule has 0 saturated heterocycles. The van der Waals surface area contributed by atoms with Crippen molar-refractivity contribution in [2.75, 3.05) is 0 Å². The highest BCUT2D eigenvalue weighted by Gasteiger charge is 2.12. The number of carboxylic acids is 1. The van der Waals surface area contributed by atoms with E-state index in [-0.39, 0.29) is 17.5 Å². The van der Waals surface area contributed by atoms with Crippen molar-refractivity contribution in [2.45, 2.75) is 19.5 Å². The molecule has 0 aliphatic rings. The second-order valence-corrected chi connectivity index (χ2v) is 4.52. The Morgan fingerprint density at radius 1 is 1.40 bits per heavy atom. The molecule has 2 aromatic rings. The van der Waals surface area contributed by atoms with Gasteiger partial charge in [0.2, 0.25) is 0 Å². The number of aromatic nitrogens is 2. The molecule has 0 saturated carbocycles. The average molecular weight is 273 g/mol. The molecule has 1 aromatic heterocycles. The third kappa shape index (κ3) is 3.44. The van der Waals surface area contributed by atoms with Crippen LogP contribution in [0, 0.1) is 0 Å². The molecule has 1 aromatic carbocycles. The van der Waals surface area contributed by atoms with Crippen molar-refractivity contribution < 1.29 is 14.7 Å². The summed E-state index contributed by atoms with van der Waals surface area (Å²) in [6.45, 7) is 2.48. The summed E-state index contributed by atoms with van der Waals surface area (Å²) in [5.41, 5.74) is 0.433. The van der Waals surface area contributed by atoms with Crippen molar-refractivity contribution in [3.05, 3.63) is 54.1 Å². The summed E-state index contributed by atoms with van der Waals surface area (Å²) < 4.78 is 1.86. The van der Waals surface area contributed by atoms with Crippen LogP contribution in [0.2, 0.25) is 0 Å². The van der Waals surface area contributed by atoms with Crippen LogP contribution < -0.4 is 5.32 Å². The van der Waals surface area contributed by atoms with E-state index in [2.05, 4.69) is 10.3 Å². The molecule has 6 nitrogen and oxygen atoms in total. The van der Waals surface area contributed by atoms with E-state index >= 15 is 0 Å². The Kier molecular flexibility index (Phi) is 4.14. The van der Waals surface area contributed by atoms with Crippen LogP contribution in [0.1, 0.15) is 27.6 Å². The molecule has 0 aliphatic heterocycles. The molecule has 20 heavy (non-hydrogen) atoms. The molecule has 2 rings (SSSR count). The van der Waals surface area contributed by atoms with Gasteiger partial charge in [-0.1, -0.05) is 6.07 Å². The molecule has 6 heteroatoms. The lowest BCUT2D eigenvalue weighted by molar-refractivity contribution is 0.0697. The standard InChI is InChI=1S/C14H15N3O3/c1-10(8-17-6-5-15-9-17)16-13(18)11-3-2-4-12(7-11)14(19)20/h2-7,9-10H,8H2,1H3,(H,16,18)(H,19,20). The molecule has 1 amide bonds. The molecule has 0 spiro atoms. The first-order valence-electron chi connectivity index (χ1n) is 6.16. The van der Waals surface area contributed by atoms with Gasteiger partial charge in [0.25, 0.3) is 5.91 Å². The first-order valence-corrected chi connectivity index (χ1v) is 6.16. The summed E-state index contributed by atoms with van der Waals surface area (Å²) in [4.78, 5) is 26.8. The second-order valence-electron chi connectivity index (χ2n) is 4.52. The van der Waals surface area contributed by atoms with Gasteiger partial charge in [0.05, 0.1) is 11.9 Å². The van der Waals surface area contributed by atoms with Gasteiger partial charge in [-0.2, -0.15) is 0 Å². The normalized spacial score (nSPS) is 11.8. The van der Waals surface area contributed by atoms with Gasteiger partial charge in [0.15, 0.2) is 0 Å². The van der Waals surface area contributed by atoms with Crippen LogP contribution in [0.25, 0.3) is 0 Å². The quantitative estimate of drug-likeness (QED) is 0.862. The lowest BCUT2D eigenvalue weighted by atomic mass is 10.1. The van der Waals surface area contributed by atoms with E-state index in [0.717, 1.165) is 0 Å². The predicted octanol–water partition coefficient (Wildman–Crippen LogP) is 1.40. The van der Waals surface area contributed by atoms with Crippen molar-refractivity contribution in [3.8, 4) is 0 Å². The molecule has 0 radical (unpaired) electrons. The lowest BCUT2D eigenvalue weighted by Gasteiger charge is -2.14. The minimum absolute atomic E-state index is 0.0924. The number of nitrogens with zero attached hydrogens (tertiary/aromatic N) is 2. The van der Waals surface area contributed by atoms with Crippen molar-refractivity contribution in [1.82, 2.24) is 14.9 Å². The Morgan fingerprint density at radius 3 is 2.80 bits per heavy atom. The topological polar surface area (TPSA) is 84.2 Å². The Hall–Kier alpha value is -2.63. The molecule has 0 aliphatic carbocycles. The number of amides is 1. The zero-order valence-corrected chi connectivity index (χ0v) is 11.0. The van der Waals surface area contributed by atoms with E-state index in [1.165, 1.54) is 12.1 Å². The molecule has 1 atom stereocenters. The van der Waals surface area contributed by atoms with Gasteiger partial charge in [-0.15, -0.1) is 0 Å². The smallest absolute Gasteiger partial charge is 0.335 e. The molecule has 0 bridgehead atoms. The van der Waals surface area contributed by atoms with E-state index in [1.54, 1.807) is 24.7 Å². The maximum Gasteiger partial charge on any atom is 0.335 e. The molecule has 1 unspecified atom stereocenters. The third-order valence-corrected chi connectivity index (χ3v) is 2.79. The van der Waals surface area contributed by atoms with E-state index in [4.69, 9.17) is 5.11 Å². The number of nitrogens with one attached hydrogen (secondary N) is 1. The highest BCUT2D eigenvalue weighted by Crippen LogP contribution is 2.06. The Morgan fingerprint density at radius 2 is 2.15 bits per heavy atom. The van der Waals surface area contributed by atoms with Crippen molar-refractivity contribution >= 4 is 11.9 Å². The Bertz CT molecular complexity index is 608. The molecule has 104 valence electrons. The monoisotopic (exact) mass is 273 g/mol. The van der Waals surface area contributed by atoms with Crippen molar-refractivity contribution in [2.24, 2.45) is 0 Å². The fourth-order valence-corrected chi connectivity index (χ4v) is 1.86. The number of carboxylic acid groups (broad SMARTS) is 1. The maximum absolute atomic E-state index is 12.0. The van der Waals surface area contributed by atoms with Crippen LogP contribution in [-0.2, 0) is 6.54 Å². The van der Waals surface area contributed by atoms with E-state index in [0.29, 0.717) is 12.1 Å². The maximum atomic E-state index is 12.0. The molecule has 1 heterocycles. The van der Waals surface area contributed by atoms with E-state index in [1.807, 2.05) is 17.7 Å². The van der Waals surface area contributed by atoms with Crippen LogP contribution in [0.4, 0.5) is 0 Å². The second kappa shape index (κ2) is 6.01. The third-order valence-electron chi connectivity index (χ3n) is 2.79. The van der Waals surface area contributed by atoms with Crippen LogP contribution >= 0.6 is 0 Å². The average Bonchev–Trinajstić information content (AvgIpc) is 2.91. The number of carbonyl (C=O) groups is 2. The summed E-state index contributed by atoms with van der Waals surface area (Å²) in [5, 5.41) is 11.7. The van der Waals surface area contributed by atoms with E-state index in [9.17, 15) is 9.59 Å². The fraction of sp³-hybridized carbons (Fsp3) is 0.214. The Labute approximate surface area is 116 Å². The minimum Gasteiger partial charge on any atom is -0.478 e. The van der Waals surface area contributed by atoms with Crippen LogP contribution in [-0.4, -0.2) is 32.6 Å². The van der Waals surface area contributed by atoms with Crippen LogP contribution in [0.15, 0.2) is 43.0 Å². The molecular weight excluding hydrogens is 258 g/mol. The van der Waals surface area contributed by atoms with Gasteiger partial charge < -0.3 is 15.0 Å². The summed E-state index contributed by atoms with van der Waals surface area (Å²) >= 11 is 0. The number of benzene rings is 1. The summed E-state index contributed by atoms with van der Waals surface area (Å²) in [6.07, 6.45) is 5.16.